The molecule has 13 heteroatoms. The topological polar surface area (TPSA) is 110 Å². The Balaban J connectivity index is 1.56. The van der Waals surface area contributed by atoms with Gasteiger partial charge in [0.25, 0.3) is 0 Å². The van der Waals surface area contributed by atoms with Crippen LogP contribution in [-0.4, -0.2) is 91.6 Å². The highest BCUT2D eigenvalue weighted by atomic mass is 19.2. The van der Waals surface area contributed by atoms with Gasteiger partial charge < -0.3 is 24.6 Å². The summed E-state index contributed by atoms with van der Waals surface area (Å²) >= 11 is 0. The van der Waals surface area contributed by atoms with Gasteiger partial charge >= 0.3 is 6.03 Å². The van der Waals surface area contributed by atoms with Crippen LogP contribution in [0.3, 0.4) is 0 Å². The fraction of sp³-hybridized carbons (Fsp3) is 0.500. The van der Waals surface area contributed by atoms with E-state index in [-0.39, 0.29) is 24.7 Å². The third-order valence-electron chi connectivity index (χ3n) is 7.06. The number of aliphatic hydroxyl groups excluding tert-OH is 1. The Labute approximate surface area is 236 Å². The van der Waals surface area contributed by atoms with E-state index in [1.807, 2.05) is 23.1 Å². The van der Waals surface area contributed by atoms with Crippen molar-refractivity contribution in [3.8, 4) is 5.88 Å². The Morgan fingerprint density at radius 1 is 1.15 bits per heavy atom. The third kappa shape index (κ3) is 7.47. The number of carbonyl (C=O) groups excluding carboxylic acids is 1. The Bertz CT molecular complexity index is 1260. The number of rotatable bonds is 12. The van der Waals surface area contributed by atoms with Crippen molar-refractivity contribution in [3.05, 3.63) is 58.9 Å². The van der Waals surface area contributed by atoms with Crippen LogP contribution < -0.4 is 15.4 Å². The van der Waals surface area contributed by atoms with Gasteiger partial charge in [-0.3, -0.25) is 10.2 Å². The number of allylic oxidation sites excluding steroid dienone is 4. The lowest BCUT2D eigenvalue weighted by molar-refractivity contribution is 0.0311. The van der Waals surface area contributed by atoms with Crippen molar-refractivity contribution >= 4 is 17.5 Å². The highest BCUT2D eigenvalue weighted by molar-refractivity contribution is 5.90. The van der Waals surface area contributed by atoms with Crippen LogP contribution in [0.25, 0.3) is 5.70 Å². The number of methoxy groups -OCH3 is 2. The molecule has 0 radical (unpaired) electrons. The second-order valence-corrected chi connectivity index (χ2v) is 10.1. The number of likely N-dealkylation sites (tertiary alicyclic amines) is 1. The van der Waals surface area contributed by atoms with Crippen molar-refractivity contribution in [1.82, 2.24) is 20.0 Å². The van der Waals surface area contributed by atoms with Crippen LogP contribution in [0.5, 0.6) is 5.88 Å². The molecule has 1 fully saturated rings. The van der Waals surface area contributed by atoms with E-state index in [4.69, 9.17) is 14.2 Å². The fourth-order valence-electron chi connectivity index (χ4n) is 4.99. The number of amides is 2. The van der Waals surface area contributed by atoms with Crippen LogP contribution in [0.4, 0.5) is 23.8 Å². The van der Waals surface area contributed by atoms with Crippen LogP contribution in [0, 0.1) is 24.4 Å². The summed E-state index contributed by atoms with van der Waals surface area (Å²) in [5.74, 6) is -4.01. The molecule has 3 atom stereocenters. The standard InChI is InChI=1S/C28H36F3N5O5/c1-17-26(36(19-7-5-4-6-8-19)34-27(17)41-16-20(37)15-40-3)33-28(38)32-24-14-35(9-10-39-2)13-21(24)18-11-22(29)25(31)23(30)12-18/h5,7-8,11-12,20-21,24,37H,4,6,9-10,13-16H2,1-3H3,(H2,32,33,38)/t20-,21+,24-/m1/s1. The average molecular weight is 580 g/mol. The van der Waals surface area contributed by atoms with Crippen molar-refractivity contribution in [3.63, 3.8) is 0 Å². The van der Waals surface area contributed by atoms with Gasteiger partial charge in [0.1, 0.15) is 18.5 Å². The smallest absolute Gasteiger partial charge is 0.320 e. The van der Waals surface area contributed by atoms with Crippen molar-refractivity contribution in [1.29, 1.82) is 0 Å². The maximum atomic E-state index is 14.1. The molecule has 4 rings (SSSR count). The molecule has 1 aliphatic heterocycles. The number of halogens is 3. The lowest BCUT2D eigenvalue weighted by Crippen LogP contribution is -2.42. The summed E-state index contributed by atoms with van der Waals surface area (Å²) in [5, 5.41) is 20.3. The zero-order chi connectivity index (χ0) is 29.5. The molecule has 1 aromatic carbocycles. The highest BCUT2D eigenvalue weighted by Gasteiger charge is 2.36. The Kier molecular flexibility index (Phi) is 10.4. The van der Waals surface area contributed by atoms with Crippen LogP contribution in [-0.2, 0) is 9.47 Å². The maximum absolute atomic E-state index is 14.1. The molecule has 1 saturated heterocycles. The summed E-state index contributed by atoms with van der Waals surface area (Å²) in [7, 11) is 3.04. The first-order chi connectivity index (χ1) is 19.7. The zero-order valence-corrected chi connectivity index (χ0v) is 23.3. The number of hydrogen-bond donors (Lipinski definition) is 3. The number of hydrogen-bond acceptors (Lipinski definition) is 7. The number of aromatic nitrogens is 2. The van der Waals surface area contributed by atoms with Crippen LogP contribution in [0.2, 0.25) is 0 Å². The van der Waals surface area contributed by atoms with Crippen molar-refractivity contribution in [2.75, 3.05) is 59.0 Å². The van der Waals surface area contributed by atoms with Gasteiger partial charge in [0, 0.05) is 39.8 Å². The van der Waals surface area contributed by atoms with Crippen LogP contribution in [0.1, 0.15) is 29.9 Å². The first-order valence-electron chi connectivity index (χ1n) is 13.4. The molecule has 224 valence electrons. The minimum absolute atomic E-state index is 0.0575. The molecule has 2 aliphatic rings. The van der Waals surface area contributed by atoms with Gasteiger partial charge in [0.05, 0.1) is 30.5 Å². The molecule has 41 heavy (non-hydrogen) atoms. The van der Waals surface area contributed by atoms with E-state index < -0.39 is 41.5 Å². The molecule has 3 N–H and O–H groups in total. The van der Waals surface area contributed by atoms with E-state index in [2.05, 4.69) is 15.7 Å². The normalized spacial score (nSPS) is 19.7. The Morgan fingerprint density at radius 3 is 2.56 bits per heavy atom. The second-order valence-electron chi connectivity index (χ2n) is 10.1. The molecule has 2 aromatic rings. The second kappa shape index (κ2) is 14.0. The minimum atomic E-state index is -1.53. The first-order valence-corrected chi connectivity index (χ1v) is 13.4. The Hall–Kier alpha value is -3.39. The van der Waals surface area contributed by atoms with Crippen molar-refractivity contribution in [2.45, 2.75) is 37.8 Å². The molecular weight excluding hydrogens is 543 g/mol. The summed E-state index contributed by atoms with van der Waals surface area (Å²) in [6.45, 7) is 3.51. The molecule has 1 aliphatic carbocycles. The minimum Gasteiger partial charge on any atom is -0.474 e. The lowest BCUT2D eigenvalue weighted by atomic mass is 9.94. The monoisotopic (exact) mass is 579 g/mol. The molecule has 2 heterocycles. The maximum Gasteiger partial charge on any atom is 0.320 e. The number of carbonyl (C=O) groups is 1. The molecule has 0 spiro atoms. The summed E-state index contributed by atoms with van der Waals surface area (Å²) < 4.78 is 59.2. The van der Waals surface area contributed by atoms with Crippen molar-refractivity contribution < 1.29 is 37.3 Å². The van der Waals surface area contributed by atoms with Crippen LogP contribution >= 0.6 is 0 Å². The number of benzene rings is 1. The van der Waals surface area contributed by atoms with E-state index >= 15 is 0 Å². The summed E-state index contributed by atoms with van der Waals surface area (Å²) in [4.78, 5) is 15.4. The van der Waals surface area contributed by atoms with Gasteiger partial charge in [-0.25, -0.2) is 22.6 Å². The van der Waals surface area contributed by atoms with Crippen molar-refractivity contribution in [2.24, 2.45) is 0 Å². The SMILES string of the molecule is COCCN1C[C@@H](NC(=O)Nc2c(C)c(OC[C@H](O)COC)nn2C2=CCCC=C2)[C@H](c2cc(F)c(F)c(F)c2)C1. The predicted molar refractivity (Wildman–Crippen MR) is 146 cm³/mol. The summed E-state index contributed by atoms with van der Waals surface area (Å²) in [6.07, 6.45) is 6.69. The molecule has 10 nitrogen and oxygen atoms in total. The van der Waals surface area contributed by atoms with Gasteiger partial charge in [-0.2, -0.15) is 0 Å². The van der Waals surface area contributed by atoms with Gasteiger partial charge in [-0.1, -0.05) is 12.2 Å². The fourth-order valence-corrected chi connectivity index (χ4v) is 4.99. The molecule has 0 unspecified atom stereocenters. The zero-order valence-electron chi connectivity index (χ0n) is 23.3. The molecule has 0 saturated carbocycles. The number of anilines is 1. The average Bonchev–Trinajstić information content (AvgIpc) is 3.49. The molecule has 1 aromatic heterocycles. The number of nitrogens with zero attached hydrogens (tertiary/aromatic N) is 3. The number of nitrogens with one attached hydrogen (secondary N) is 2. The third-order valence-corrected chi connectivity index (χ3v) is 7.06. The quantitative estimate of drug-likeness (QED) is 0.331. The van der Waals surface area contributed by atoms with E-state index in [1.54, 1.807) is 18.7 Å². The molecule has 2 amide bonds. The number of ether oxygens (including phenoxy) is 3. The van der Waals surface area contributed by atoms with E-state index in [9.17, 15) is 23.1 Å². The molecular formula is C28H36F3N5O5. The highest BCUT2D eigenvalue weighted by Crippen LogP contribution is 2.32. The molecule has 0 bridgehead atoms. The largest absolute Gasteiger partial charge is 0.474 e. The van der Waals surface area contributed by atoms with Gasteiger partial charge in [0.2, 0.25) is 5.88 Å². The van der Waals surface area contributed by atoms with E-state index in [1.165, 1.54) is 7.11 Å². The van der Waals surface area contributed by atoms with Gasteiger partial charge in [-0.15, -0.1) is 5.10 Å². The van der Waals surface area contributed by atoms with Gasteiger partial charge in [-0.05, 0) is 43.5 Å². The number of urea groups is 1. The van der Waals surface area contributed by atoms with Crippen LogP contribution in [0.15, 0.2) is 30.4 Å². The summed E-state index contributed by atoms with van der Waals surface area (Å²) in [6, 6.07) is 0.838. The Morgan fingerprint density at radius 2 is 1.90 bits per heavy atom. The number of aliphatic hydroxyl groups is 1. The first kappa shape index (κ1) is 30.6. The summed E-state index contributed by atoms with van der Waals surface area (Å²) in [5.41, 5.74) is 1.52. The predicted octanol–water partition coefficient (Wildman–Crippen LogP) is 3.42. The lowest BCUT2D eigenvalue weighted by Gasteiger charge is -2.21. The van der Waals surface area contributed by atoms with E-state index in [0.29, 0.717) is 37.6 Å². The van der Waals surface area contributed by atoms with Gasteiger partial charge in [0.15, 0.2) is 17.5 Å². The van der Waals surface area contributed by atoms with E-state index in [0.717, 1.165) is 30.7 Å².